The molecule has 1 aromatic carbocycles. The van der Waals surface area contributed by atoms with E-state index in [-0.39, 0.29) is 0 Å². The maximum atomic E-state index is 8.93. The minimum Gasteiger partial charge on any atom is -0.496 e. The van der Waals surface area contributed by atoms with Gasteiger partial charge in [-0.05, 0) is 32.0 Å². The van der Waals surface area contributed by atoms with Crippen molar-refractivity contribution in [1.82, 2.24) is 9.78 Å². The van der Waals surface area contributed by atoms with E-state index in [1.54, 1.807) is 31.5 Å². The maximum Gasteiger partial charge on any atom is 0.157 e. The monoisotopic (exact) mass is 271 g/mol. The zero-order chi connectivity index (χ0) is 14.5. The molecule has 2 aromatic rings. The Morgan fingerprint density at radius 1 is 1.40 bits per heavy atom. The Labute approximate surface area is 118 Å². The fraction of sp³-hybridized carbons (Fsp3) is 0.333. The summed E-state index contributed by atoms with van der Waals surface area (Å²) in [7, 11) is 1.60. The third-order valence-corrected chi connectivity index (χ3v) is 2.91. The minimum absolute atomic E-state index is 0.295. The van der Waals surface area contributed by atoms with E-state index in [1.807, 2.05) is 10.9 Å². The van der Waals surface area contributed by atoms with Crippen molar-refractivity contribution in [2.75, 3.05) is 7.11 Å². The number of rotatable bonds is 5. The summed E-state index contributed by atoms with van der Waals surface area (Å²) >= 11 is 0. The van der Waals surface area contributed by atoms with Gasteiger partial charge in [-0.2, -0.15) is 10.4 Å². The van der Waals surface area contributed by atoms with Gasteiger partial charge in [-0.15, -0.1) is 0 Å². The van der Waals surface area contributed by atoms with E-state index in [0.717, 1.165) is 5.56 Å². The fourth-order valence-corrected chi connectivity index (χ4v) is 1.80. The Morgan fingerprint density at radius 2 is 2.20 bits per heavy atom. The zero-order valence-corrected chi connectivity index (χ0v) is 11.8. The largest absolute Gasteiger partial charge is 0.496 e. The van der Waals surface area contributed by atoms with Crippen LogP contribution in [0.4, 0.5) is 0 Å². The van der Waals surface area contributed by atoms with Gasteiger partial charge in [0.1, 0.15) is 12.4 Å². The molecular weight excluding hydrogens is 254 g/mol. The molecule has 0 spiro atoms. The molecule has 5 nitrogen and oxygen atoms in total. The highest BCUT2D eigenvalue weighted by molar-refractivity contribution is 5.41. The molecule has 0 bridgehead atoms. The summed E-state index contributed by atoms with van der Waals surface area (Å²) in [5.41, 5.74) is 1.42. The lowest BCUT2D eigenvalue weighted by Crippen LogP contribution is -2.00. The van der Waals surface area contributed by atoms with Crippen molar-refractivity contribution >= 4 is 0 Å². The van der Waals surface area contributed by atoms with Crippen LogP contribution in [0.5, 0.6) is 11.5 Å². The van der Waals surface area contributed by atoms with Crippen molar-refractivity contribution in [2.24, 2.45) is 0 Å². The number of nitrogens with zero attached hydrogens (tertiary/aromatic N) is 3. The van der Waals surface area contributed by atoms with E-state index < -0.39 is 0 Å². The predicted octanol–water partition coefficient (Wildman–Crippen LogP) is 2.92. The third kappa shape index (κ3) is 3.09. The Hall–Kier alpha value is -2.48. The van der Waals surface area contributed by atoms with Gasteiger partial charge in [0.2, 0.25) is 0 Å². The third-order valence-electron chi connectivity index (χ3n) is 2.91. The molecule has 0 atom stereocenters. The predicted molar refractivity (Wildman–Crippen MR) is 74.7 cm³/mol. The van der Waals surface area contributed by atoms with Gasteiger partial charge in [0, 0.05) is 11.6 Å². The van der Waals surface area contributed by atoms with E-state index in [4.69, 9.17) is 14.7 Å². The summed E-state index contributed by atoms with van der Waals surface area (Å²) in [5.74, 6) is 1.41. The molecule has 104 valence electrons. The molecule has 1 heterocycles. The van der Waals surface area contributed by atoms with Gasteiger partial charge in [0.05, 0.1) is 31.1 Å². The van der Waals surface area contributed by atoms with Crippen molar-refractivity contribution in [3.63, 3.8) is 0 Å². The van der Waals surface area contributed by atoms with Crippen LogP contribution in [-0.2, 0) is 6.61 Å². The summed E-state index contributed by atoms with van der Waals surface area (Å²) in [6, 6.07) is 7.67. The molecule has 0 aliphatic carbocycles. The van der Waals surface area contributed by atoms with Crippen LogP contribution < -0.4 is 9.47 Å². The number of aromatic nitrogens is 2. The van der Waals surface area contributed by atoms with Crippen molar-refractivity contribution in [3.05, 3.63) is 41.7 Å². The molecule has 0 N–H and O–H groups in total. The second-order valence-corrected chi connectivity index (χ2v) is 4.68. The Balaban J connectivity index is 2.11. The van der Waals surface area contributed by atoms with Crippen LogP contribution in [0, 0.1) is 11.3 Å². The Kier molecular flexibility index (Phi) is 4.26. The fourth-order valence-electron chi connectivity index (χ4n) is 1.80. The second kappa shape index (κ2) is 6.11. The molecular formula is C15H17N3O2. The van der Waals surface area contributed by atoms with Crippen LogP contribution in [0.25, 0.3) is 0 Å². The highest BCUT2D eigenvalue weighted by Crippen LogP contribution is 2.22. The van der Waals surface area contributed by atoms with Crippen LogP contribution >= 0.6 is 0 Å². The topological polar surface area (TPSA) is 60.1 Å². The summed E-state index contributed by atoms with van der Waals surface area (Å²) in [6.07, 6.45) is 3.53. The number of hydrogen-bond acceptors (Lipinski definition) is 4. The van der Waals surface area contributed by atoms with E-state index in [0.29, 0.717) is 29.7 Å². The molecule has 0 unspecified atom stereocenters. The lowest BCUT2D eigenvalue weighted by molar-refractivity contribution is 0.296. The summed E-state index contributed by atoms with van der Waals surface area (Å²) in [6.45, 7) is 4.44. The lowest BCUT2D eigenvalue weighted by atomic mass is 10.1. The smallest absolute Gasteiger partial charge is 0.157 e. The van der Waals surface area contributed by atoms with Crippen LogP contribution in [0.2, 0.25) is 0 Å². The van der Waals surface area contributed by atoms with Crippen molar-refractivity contribution < 1.29 is 9.47 Å². The van der Waals surface area contributed by atoms with Crippen LogP contribution in [0.1, 0.15) is 31.0 Å². The molecule has 0 saturated carbocycles. The number of methoxy groups -OCH3 is 1. The molecule has 0 aliphatic rings. The molecule has 1 aromatic heterocycles. The maximum absolute atomic E-state index is 8.93. The Morgan fingerprint density at radius 3 is 2.80 bits per heavy atom. The van der Waals surface area contributed by atoms with Gasteiger partial charge >= 0.3 is 0 Å². The first kappa shape index (κ1) is 13.9. The zero-order valence-electron chi connectivity index (χ0n) is 11.8. The number of ether oxygens (including phenoxy) is 2. The van der Waals surface area contributed by atoms with E-state index >= 15 is 0 Å². The molecule has 0 saturated heterocycles. The van der Waals surface area contributed by atoms with Crippen molar-refractivity contribution in [1.29, 1.82) is 5.26 Å². The first-order valence-corrected chi connectivity index (χ1v) is 6.38. The molecule has 0 amide bonds. The summed E-state index contributed by atoms with van der Waals surface area (Å²) in [5, 5.41) is 13.1. The lowest BCUT2D eigenvalue weighted by Gasteiger charge is -2.09. The molecule has 20 heavy (non-hydrogen) atoms. The van der Waals surface area contributed by atoms with Gasteiger partial charge < -0.3 is 9.47 Å². The Bertz CT molecular complexity index is 626. The van der Waals surface area contributed by atoms with Gasteiger partial charge in [0.25, 0.3) is 0 Å². The minimum atomic E-state index is 0.295. The number of benzene rings is 1. The van der Waals surface area contributed by atoms with Crippen molar-refractivity contribution in [2.45, 2.75) is 26.5 Å². The highest BCUT2D eigenvalue weighted by atomic mass is 16.5. The van der Waals surface area contributed by atoms with Gasteiger partial charge in [0.15, 0.2) is 5.75 Å². The summed E-state index contributed by atoms with van der Waals surface area (Å²) in [4.78, 5) is 0. The number of hydrogen-bond donors (Lipinski definition) is 0. The van der Waals surface area contributed by atoms with E-state index in [1.165, 1.54) is 0 Å². The summed E-state index contributed by atoms with van der Waals surface area (Å²) < 4.78 is 12.8. The van der Waals surface area contributed by atoms with E-state index in [9.17, 15) is 0 Å². The molecule has 0 aliphatic heterocycles. The second-order valence-electron chi connectivity index (χ2n) is 4.68. The standard InChI is InChI=1S/C15H17N3O2/c1-11(2)18-9-14(8-17-18)20-10-13-6-12(7-16)4-5-15(13)19-3/h4-6,8-9,11H,10H2,1-3H3. The van der Waals surface area contributed by atoms with Crippen LogP contribution in [0.15, 0.2) is 30.6 Å². The highest BCUT2D eigenvalue weighted by Gasteiger charge is 2.07. The number of nitriles is 1. The van der Waals surface area contributed by atoms with Gasteiger partial charge in [-0.1, -0.05) is 0 Å². The SMILES string of the molecule is COc1ccc(C#N)cc1COc1cnn(C(C)C)c1. The van der Waals surface area contributed by atoms with Gasteiger partial charge in [-0.25, -0.2) is 0 Å². The molecule has 2 rings (SSSR count). The molecule has 0 fully saturated rings. The normalized spacial score (nSPS) is 10.3. The van der Waals surface area contributed by atoms with Crippen LogP contribution in [-0.4, -0.2) is 16.9 Å². The van der Waals surface area contributed by atoms with Crippen molar-refractivity contribution in [3.8, 4) is 17.6 Å². The van der Waals surface area contributed by atoms with E-state index in [2.05, 4.69) is 25.0 Å². The average Bonchev–Trinajstić information content (AvgIpc) is 2.93. The molecule has 0 radical (unpaired) electrons. The quantitative estimate of drug-likeness (QED) is 0.839. The average molecular weight is 271 g/mol. The van der Waals surface area contributed by atoms with Crippen LogP contribution in [0.3, 0.4) is 0 Å². The first-order valence-electron chi connectivity index (χ1n) is 6.38. The van der Waals surface area contributed by atoms with Gasteiger partial charge in [-0.3, -0.25) is 4.68 Å². The molecule has 5 heteroatoms. The first-order chi connectivity index (χ1) is 9.63.